The summed E-state index contributed by atoms with van der Waals surface area (Å²) in [7, 11) is 0. The standard InChI is InChI=1S/C13H7Cl2NO/c14-12-3-1-2-11(13(12)15)9-4-8(7-16)5-10(17)6-9/h1-6,17H. The van der Waals surface area contributed by atoms with E-state index in [0.717, 1.165) is 0 Å². The van der Waals surface area contributed by atoms with Crippen molar-refractivity contribution in [1.29, 1.82) is 5.26 Å². The van der Waals surface area contributed by atoms with E-state index >= 15 is 0 Å². The van der Waals surface area contributed by atoms with Gasteiger partial charge in [-0.1, -0.05) is 35.3 Å². The van der Waals surface area contributed by atoms with Crippen molar-refractivity contribution < 1.29 is 5.11 Å². The van der Waals surface area contributed by atoms with Crippen molar-refractivity contribution in [2.24, 2.45) is 0 Å². The first-order valence-corrected chi connectivity index (χ1v) is 5.56. The van der Waals surface area contributed by atoms with Gasteiger partial charge < -0.3 is 5.11 Å². The number of nitriles is 1. The van der Waals surface area contributed by atoms with Crippen LogP contribution < -0.4 is 0 Å². The second-order valence-corrected chi connectivity index (χ2v) is 4.27. The average Bonchev–Trinajstić information content (AvgIpc) is 2.31. The first-order chi connectivity index (χ1) is 8.11. The van der Waals surface area contributed by atoms with Gasteiger partial charge in [-0.2, -0.15) is 5.26 Å². The van der Waals surface area contributed by atoms with E-state index < -0.39 is 0 Å². The Morgan fingerprint density at radius 2 is 1.88 bits per heavy atom. The normalized spacial score (nSPS) is 9.94. The van der Waals surface area contributed by atoms with Gasteiger partial charge in [0.05, 0.1) is 21.7 Å². The highest BCUT2D eigenvalue weighted by atomic mass is 35.5. The molecule has 0 amide bonds. The van der Waals surface area contributed by atoms with Crippen LogP contribution >= 0.6 is 23.2 Å². The maximum Gasteiger partial charge on any atom is 0.117 e. The molecule has 0 aliphatic rings. The maximum absolute atomic E-state index is 9.52. The molecule has 17 heavy (non-hydrogen) atoms. The Hall–Kier alpha value is -1.69. The first-order valence-electron chi connectivity index (χ1n) is 4.80. The number of phenols is 1. The topological polar surface area (TPSA) is 44.0 Å². The summed E-state index contributed by atoms with van der Waals surface area (Å²) < 4.78 is 0. The van der Waals surface area contributed by atoms with Crippen molar-refractivity contribution in [3.63, 3.8) is 0 Å². The van der Waals surface area contributed by atoms with Crippen LogP contribution in [0.4, 0.5) is 0 Å². The molecule has 0 spiro atoms. The van der Waals surface area contributed by atoms with E-state index in [4.69, 9.17) is 28.5 Å². The third-order valence-electron chi connectivity index (χ3n) is 2.31. The van der Waals surface area contributed by atoms with Crippen LogP contribution in [0.15, 0.2) is 36.4 Å². The number of benzene rings is 2. The number of phenolic OH excluding ortho intramolecular Hbond substituents is 1. The van der Waals surface area contributed by atoms with Crippen LogP contribution in [0.3, 0.4) is 0 Å². The highest BCUT2D eigenvalue weighted by Gasteiger charge is 2.08. The third kappa shape index (κ3) is 2.36. The lowest BCUT2D eigenvalue weighted by Gasteiger charge is -2.07. The SMILES string of the molecule is N#Cc1cc(O)cc(-c2cccc(Cl)c2Cl)c1. The smallest absolute Gasteiger partial charge is 0.117 e. The van der Waals surface area contributed by atoms with Crippen LogP contribution in [0.2, 0.25) is 10.0 Å². The van der Waals surface area contributed by atoms with Gasteiger partial charge in [-0.3, -0.25) is 0 Å². The van der Waals surface area contributed by atoms with Gasteiger partial charge in [0, 0.05) is 5.56 Å². The summed E-state index contributed by atoms with van der Waals surface area (Å²) in [4.78, 5) is 0. The molecule has 0 saturated carbocycles. The molecule has 0 bridgehead atoms. The van der Waals surface area contributed by atoms with Gasteiger partial charge in [-0.15, -0.1) is 0 Å². The van der Waals surface area contributed by atoms with Crippen molar-refractivity contribution in [2.45, 2.75) is 0 Å². The number of halogens is 2. The molecule has 1 N–H and O–H groups in total. The highest BCUT2D eigenvalue weighted by Crippen LogP contribution is 2.35. The van der Waals surface area contributed by atoms with Gasteiger partial charge in [0.25, 0.3) is 0 Å². The van der Waals surface area contributed by atoms with Crippen molar-refractivity contribution in [2.75, 3.05) is 0 Å². The molecule has 2 rings (SSSR count). The molecular weight excluding hydrogens is 257 g/mol. The Kier molecular flexibility index (Phi) is 3.23. The minimum absolute atomic E-state index is 0.0232. The molecule has 0 aliphatic carbocycles. The van der Waals surface area contributed by atoms with Gasteiger partial charge in [0.2, 0.25) is 0 Å². The monoisotopic (exact) mass is 263 g/mol. The van der Waals surface area contributed by atoms with Crippen LogP contribution in [0, 0.1) is 11.3 Å². The average molecular weight is 264 g/mol. The molecule has 4 heteroatoms. The second kappa shape index (κ2) is 4.67. The van der Waals surface area contributed by atoms with E-state index in [1.165, 1.54) is 6.07 Å². The number of nitrogens with zero attached hydrogens (tertiary/aromatic N) is 1. The summed E-state index contributed by atoms with van der Waals surface area (Å²) >= 11 is 12.0. The molecule has 0 radical (unpaired) electrons. The number of rotatable bonds is 1. The molecule has 84 valence electrons. The Labute approximate surface area is 109 Å². The number of hydrogen-bond acceptors (Lipinski definition) is 2. The zero-order chi connectivity index (χ0) is 12.4. The lowest BCUT2D eigenvalue weighted by molar-refractivity contribution is 0.475. The lowest BCUT2D eigenvalue weighted by Crippen LogP contribution is -1.83. The number of hydrogen-bond donors (Lipinski definition) is 1. The minimum Gasteiger partial charge on any atom is -0.508 e. The summed E-state index contributed by atoms with van der Waals surface area (Å²) in [6.45, 7) is 0. The Balaban J connectivity index is 2.65. The molecule has 0 heterocycles. The molecule has 2 nitrogen and oxygen atoms in total. The third-order valence-corrected chi connectivity index (χ3v) is 3.13. The summed E-state index contributed by atoms with van der Waals surface area (Å²) in [5.74, 6) is 0.0232. The van der Waals surface area contributed by atoms with Gasteiger partial charge >= 0.3 is 0 Å². The highest BCUT2D eigenvalue weighted by molar-refractivity contribution is 6.43. The van der Waals surface area contributed by atoms with Crippen LogP contribution in [-0.4, -0.2) is 5.11 Å². The van der Waals surface area contributed by atoms with Crippen LogP contribution in [0.25, 0.3) is 11.1 Å². The number of aromatic hydroxyl groups is 1. The Morgan fingerprint density at radius 3 is 2.59 bits per heavy atom. The maximum atomic E-state index is 9.52. The molecule has 2 aromatic rings. The van der Waals surface area contributed by atoms with Crippen molar-refractivity contribution in [3.8, 4) is 22.9 Å². The van der Waals surface area contributed by atoms with Crippen molar-refractivity contribution >= 4 is 23.2 Å². The fourth-order valence-electron chi connectivity index (χ4n) is 1.56. The largest absolute Gasteiger partial charge is 0.508 e. The Bertz CT molecular complexity index is 617. The zero-order valence-corrected chi connectivity index (χ0v) is 10.1. The molecule has 0 fully saturated rings. The van der Waals surface area contributed by atoms with E-state index in [1.54, 1.807) is 30.3 Å². The predicted molar refractivity (Wildman–Crippen MR) is 68.3 cm³/mol. The van der Waals surface area contributed by atoms with E-state index in [-0.39, 0.29) is 5.75 Å². The molecule has 0 aliphatic heterocycles. The van der Waals surface area contributed by atoms with E-state index in [1.807, 2.05) is 6.07 Å². The van der Waals surface area contributed by atoms with Crippen molar-refractivity contribution in [3.05, 3.63) is 52.0 Å². The van der Waals surface area contributed by atoms with E-state index in [9.17, 15) is 5.11 Å². The van der Waals surface area contributed by atoms with Gasteiger partial charge in [0.15, 0.2) is 0 Å². The second-order valence-electron chi connectivity index (χ2n) is 3.48. The molecule has 0 unspecified atom stereocenters. The molecule has 0 aromatic heterocycles. The van der Waals surface area contributed by atoms with Gasteiger partial charge in [-0.25, -0.2) is 0 Å². The molecular formula is C13H7Cl2NO. The molecule has 2 aromatic carbocycles. The first kappa shape index (κ1) is 11.8. The van der Waals surface area contributed by atoms with Crippen LogP contribution in [-0.2, 0) is 0 Å². The van der Waals surface area contributed by atoms with Gasteiger partial charge in [-0.05, 0) is 29.8 Å². The van der Waals surface area contributed by atoms with E-state index in [0.29, 0.717) is 26.7 Å². The summed E-state index contributed by atoms with van der Waals surface area (Å²) in [5, 5.41) is 19.2. The lowest BCUT2D eigenvalue weighted by atomic mass is 10.0. The van der Waals surface area contributed by atoms with Crippen molar-refractivity contribution in [1.82, 2.24) is 0 Å². The van der Waals surface area contributed by atoms with E-state index in [2.05, 4.69) is 0 Å². The zero-order valence-electron chi connectivity index (χ0n) is 8.61. The van der Waals surface area contributed by atoms with Crippen LogP contribution in [0.1, 0.15) is 5.56 Å². The summed E-state index contributed by atoms with van der Waals surface area (Å²) in [6.07, 6.45) is 0. The molecule has 0 saturated heterocycles. The van der Waals surface area contributed by atoms with Crippen LogP contribution in [0.5, 0.6) is 5.75 Å². The fraction of sp³-hybridized carbons (Fsp3) is 0. The predicted octanol–water partition coefficient (Wildman–Crippen LogP) is 4.24. The Morgan fingerprint density at radius 1 is 1.12 bits per heavy atom. The summed E-state index contributed by atoms with van der Waals surface area (Å²) in [5.41, 5.74) is 1.72. The van der Waals surface area contributed by atoms with Gasteiger partial charge in [0.1, 0.15) is 5.75 Å². The molecule has 0 atom stereocenters. The quantitative estimate of drug-likeness (QED) is 0.837. The fourth-order valence-corrected chi connectivity index (χ4v) is 1.97. The minimum atomic E-state index is 0.0232. The summed E-state index contributed by atoms with van der Waals surface area (Å²) in [6, 6.07) is 11.8.